The highest BCUT2D eigenvalue weighted by atomic mass is 16.3. The van der Waals surface area contributed by atoms with Crippen LogP contribution >= 0.6 is 0 Å². The third kappa shape index (κ3) is 1.96. The first-order chi connectivity index (χ1) is 10.1. The van der Waals surface area contributed by atoms with Gasteiger partial charge < -0.3 is 15.3 Å². The van der Waals surface area contributed by atoms with Crippen LogP contribution in [-0.2, 0) is 6.54 Å². The summed E-state index contributed by atoms with van der Waals surface area (Å²) < 4.78 is 3.01. The molecule has 0 radical (unpaired) electrons. The number of hydrogen-bond acceptors (Lipinski definition) is 5. The molecule has 3 rings (SSSR count). The van der Waals surface area contributed by atoms with Crippen molar-refractivity contribution in [1.29, 1.82) is 0 Å². The summed E-state index contributed by atoms with van der Waals surface area (Å²) in [5, 5.41) is 29.0. The lowest BCUT2D eigenvalue weighted by Crippen LogP contribution is -2.51. The molecule has 21 heavy (non-hydrogen) atoms. The van der Waals surface area contributed by atoms with Crippen LogP contribution in [0.15, 0.2) is 39.9 Å². The van der Waals surface area contributed by atoms with Crippen LogP contribution < -0.4 is 11.4 Å². The van der Waals surface area contributed by atoms with Crippen molar-refractivity contribution in [2.24, 2.45) is 0 Å². The zero-order valence-electron chi connectivity index (χ0n) is 11.0. The van der Waals surface area contributed by atoms with Crippen LogP contribution in [0.4, 0.5) is 0 Å². The molecule has 112 valence electrons. The summed E-state index contributed by atoms with van der Waals surface area (Å²) in [4.78, 5) is 24.8. The van der Waals surface area contributed by atoms with Gasteiger partial charge in [-0.3, -0.25) is 0 Å². The maximum atomic E-state index is 12.5. The third-order valence-electron chi connectivity index (χ3n) is 3.72. The molecule has 2 aromatic rings. The summed E-state index contributed by atoms with van der Waals surface area (Å²) >= 11 is 0. The maximum Gasteiger partial charge on any atom is 0.352 e. The Labute approximate surface area is 118 Å². The highest BCUT2D eigenvalue weighted by Crippen LogP contribution is 2.18. The predicted octanol–water partition coefficient (Wildman–Crippen LogP) is -1.93. The van der Waals surface area contributed by atoms with Crippen molar-refractivity contribution in [3.05, 3.63) is 51.3 Å². The molecule has 1 aromatic carbocycles. The maximum absolute atomic E-state index is 12.5. The van der Waals surface area contributed by atoms with E-state index in [-0.39, 0.29) is 6.54 Å². The molecule has 3 atom stereocenters. The molecule has 0 saturated carbocycles. The molecular formula is C13H15N3O5. The van der Waals surface area contributed by atoms with Crippen molar-refractivity contribution in [2.45, 2.75) is 24.8 Å². The summed E-state index contributed by atoms with van der Waals surface area (Å²) in [7, 11) is 0. The van der Waals surface area contributed by atoms with E-state index in [0.717, 1.165) is 13.9 Å². The topological polar surface area (TPSA) is 110 Å². The lowest BCUT2D eigenvalue weighted by molar-refractivity contribution is -0.0692. The van der Waals surface area contributed by atoms with E-state index in [1.54, 1.807) is 30.3 Å². The van der Waals surface area contributed by atoms with Crippen LogP contribution in [0.3, 0.4) is 0 Å². The molecule has 1 aromatic heterocycles. The fraction of sp³-hybridized carbons (Fsp3) is 0.385. The highest BCUT2D eigenvalue weighted by Gasteiger charge is 2.37. The van der Waals surface area contributed by atoms with Crippen molar-refractivity contribution >= 4 is 0 Å². The Balaban J connectivity index is 2.27. The number of nitrogens with zero attached hydrogens (tertiary/aromatic N) is 3. The van der Waals surface area contributed by atoms with Gasteiger partial charge in [0.25, 0.3) is 0 Å². The largest absolute Gasteiger partial charge is 0.394 e. The summed E-state index contributed by atoms with van der Waals surface area (Å²) in [5.74, 6) is 0. The van der Waals surface area contributed by atoms with Gasteiger partial charge in [-0.05, 0) is 12.1 Å². The van der Waals surface area contributed by atoms with Gasteiger partial charge in [-0.2, -0.15) is 0 Å². The molecule has 0 spiro atoms. The quantitative estimate of drug-likeness (QED) is 0.597. The minimum absolute atomic E-state index is 0.203. The summed E-state index contributed by atoms with van der Waals surface area (Å²) in [6.07, 6.45) is -2.52. The van der Waals surface area contributed by atoms with Gasteiger partial charge >= 0.3 is 11.4 Å². The van der Waals surface area contributed by atoms with Crippen molar-refractivity contribution in [2.75, 3.05) is 6.61 Å². The van der Waals surface area contributed by atoms with Gasteiger partial charge in [-0.1, -0.05) is 18.2 Å². The molecule has 3 N–H and O–H groups in total. The summed E-state index contributed by atoms with van der Waals surface area (Å²) in [5.41, 5.74) is -0.880. The fourth-order valence-corrected chi connectivity index (χ4v) is 2.65. The van der Waals surface area contributed by atoms with Crippen molar-refractivity contribution < 1.29 is 15.3 Å². The van der Waals surface area contributed by atoms with Crippen LogP contribution in [0, 0.1) is 0 Å². The van der Waals surface area contributed by atoms with Gasteiger partial charge in [-0.25, -0.2) is 23.5 Å². The predicted molar refractivity (Wildman–Crippen MR) is 72.4 cm³/mol. The van der Waals surface area contributed by atoms with Gasteiger partial charge in [-0.15, -0.1) is 0 Å². The molecule has 0 aliphatic carbocycles. The lowest BCUT2D eigenvalue weighted by atomic mass is 10.0. The molecule has 0 saturated heterocycles. The number of hydrogen-bond donors (Lipinski definition) is 3. The first-order valence-corrected chi connectivity index (χ1v) is 6.53. The van der Waals surface area contributed by atoms with Gasteiger partial charge in [0, 0.05) is 0 Å². The molecule has 1 aliphatic heterocycles. The Hall–Kier alpha value is -2.16. The number of aromatic nitrogens is 3. The van der Waals surface area contributed by atoms with Gasteiger partial charge in [0.1, 0.15) is 18.2 Å². The van der Waals surface area contributed by atoms with Gasteiger partial charge in [0.05, 0.1) is 18.8 Å². The zero-order valence-corrected chi connectivity index (χ0v) is 11.0. The molecule has 0 bridgehead atoms. The van der Waals surface area contributed by atoms with Crippen LogP contribution in [0.2, 0.25) is 0 Å². The average Bonchev–Trinajstić information content (AvgIpc) is 2.73. The molecule has 0 fully saturated rings. The van der Waals surface area contributed by atoms with Crippen LogP contribution in [0.25, 0.3) is 5.69 Å². The summed E-state index contributed by atoms with van der Waals surface area (Å²) in [6, 6.07) is 7.29. The normalized spacial score (nSPS) is 24.8. The van der Waals surface area contributed by atoms with Crippen molar-refractivity contribution in [1.82, 2.24) is 13.9 Å². The summed E-state index contributed by atoms with van der Waals surface area (Å²) in [6.45, 7) is -0.762. The van der Waals surface area contributed by atoms with E-state index in [9.17, 15) is 24.9 Å². The number of aliphatic hydroxyl groups is 3. The number of para-hydroxylation sites is 1. The van der Waals surface area contributed by atoms with Crippen LogP contribution in [0.5, 0.6) is 0 Å². The number of benzene rings is 1. The molecule has 2 heterocycles. The minimum atomic E-state index is -1.31. The molecule has 8 heteroatoms. The monoisotopic (exact) mass is 293 g/mol. The Kier molecular flexibility index (Phi) is 3.28. The second kappa shape index (κ2) is 4.99. The van der Waals surface area contributed by atoms with E-state index in [1.807, 2.05) is 0 Å². The Morgan fingerprint density at radius 3 is 2.38 bits per heavy atom. The zero-order chi connectivity index (χ0) is 15.1. The van der Waals surface area contributed by atoms with E-state index >= 15 is 0 Å². The Bertz CT molecular complexity index is 760. The van der Waals surface area contributed by atoms with E-state index in [1.165, 1.54) is 0 Å². The number of rotatable bonds is 2. The third-order valence-corrected chi connectivity index (χ3v) is 3.72. The van der Waals surface area contributed by atoms with Gasteiger partial charge in [0.15, 0.2) is 0 Å². The molecule has 1 aliphatic rings. The first kappa shape index (κ1) is 13.8. The Morgan fingerprint density at radius 1 is 1.10 bits per heavy atom. The highest BCUT2D eigenvalue weighted by molar-refractivity contribution is 5.30. The first-order valence-electron chi connectivity index (χ1n) is 6.53. The molecular weight excluding hydrogens is 278 g/mol. The average molecular weight is 293 g/mol. The second-order valence-corrected chi connectivity index (χ2v) is 4.97. The van der Waals surface area contributed by atoms with Crippen molar-refractivity contribution in [3.63, 3.8) is 0 Å². The number of fused-ring (bicyclic) bond motifs is 1. The van der Waals surface area contributed by atoms with E-state index in [4.69, 9.17) is 0 Å². The van der Waals surface area contributed by atoms with Gasteiger partial charge in [0.2, 0.25) is 0 Å². The Morgan fingerprint density at radius 2 is 1.76 bits per heavy atom. The smallest absolute Gasteiger partial charge is 0.352 e. The van der Waals surface area contributed by atoms with E-state index in [2.05, 4.69) is 0 Å². The number of aliphatic hydroxyl groups excluding tert-OH is 3. The minimum Gasteiger partial charge on any atom is -0.394 e. The van der Waals surface area contributed by atoms with Crippen LogP contribution in [0.1, 0.15) is 6.04 Å². The van der Waals surface area contributed by atoms with Crippen LogP contribution in [-0.4, -0.2) is 48.1 Å². The van der Waals surface area contributed by atoms with Crippen molar-refractivity contribution in [3.8, 4) is 5.69 Å². The standard InChI is InChI=1S/C13H15N3O5/c17-7-9-11(19)10(18)6-14-12(20)15(13(21)16(9)14)8-4-2-1-3-5-8/h1-5,9-11,17-19H,6-7H2/t9-,10-,11-/m1/s1. The van der Waals surface area contributed by atoms with E-state index < -0.39 is 36.2 Å². The molecule has 0 amide bonds. The molecule has 8 nitrogen and oxygen atoms in total. The fourth-order valence-electron chi connectivity index (χ4n) is 2.65. The SMILES string of the molecule is O=c1n(-c2ccccc2)c(=O)n2n1C[C@@H](O)[C@H](O)[C@H]2CO. The molecule has 0 unspecified atom stereocenters. The second-order valence-electron chi connectivity index (χ2n) is 4.97. The lowest BCUT2D eigenvalue weighted by Gasteiger charge is -2.32. The van der Waals surface area contributed by atoms with E-state index in [0.29, 0.717) is 5.69 Å².